The van der Waals surface area contributed by atoms with Crippen LogP contribution in [-0.4, -0.2) is 28.1 Å². The van der Waals surface area contributed by atoms with Crippen LogP contribution in [0.2, 0.25) is 5.02 Å². The molecule has 7 heteroatoms. The lowest BCUT2D eigenvalue weighted by Crippen LogP contribution is -2.12. The molecule has 0 amide bonds. The Morgan fingerprint density at radius 2 is 1.88 bits per heavy atom. The summed E-state index contributed by atoms with van der Waals surface area (Å²) < 4.78 is 12.3. The van der Waals surface area contributed by atoms with Crippen LogP contribution in [0.1, 0.15) is 21.7 Å². The normalized spacial score (nSPS) is 10.6. The molecule has 6 nitrogen and oxygen atoms in total. The van der Waals surface area contributed by atoms with Crippen LogP contribution in [0.15, 0.2) is 42.5 Å². The number of para-hydroxylation sites is 1. The zero-order valence-electron chi connectivity index (χ0n) is 14.0. The van der Waals surface area contributed by atoms with Crippen LogP contribution in [0.25, 0.3) is 5.69 Å². The average Bonchev–Trinajstić information content (AvgIpc) is 2.98. The third-order valence-electron chi connectivity index (χ3n) is 3.75. The Bertz CT molecular complexity index is 937. The van der Waals surface area contributed by atoms with Crippen LogP contribution in [0.3, 0.4) is 0 Å². The van der Waals surface area contributed by atoms with Gasteiger partial charge in [0.05, 0.1) is 12.8 Å². The highest BCUT2D eigenvalue weighted by molar-refractivity contribution is 6.30. The highest BCUT2D eigenvalue weighted by Crippen LogP contribution is 2.27. The highest BCUT2D eigenvalue weighted by atomic mass is 35.5. The number of rotatable bonds is 4. The van der Waals surface area contributed by atoms with Gasteiger partial charge in [0.15, 0.2) is 5.69 Å². The molecule has 3 rings (SSSR count). The van der Waals surface area contributed by atoms with Crippen molar-refractivity contribution in [3.63, 3.8) is 0 Å². The van der Waals surface area contributed by atoms with E-state index in [1.807, 2.05) is 19.1 Å². The number of hydrogen-bond acceptors (Lipinski definition) is 5. The topological polar surface area (TPSA) is 66.2 Å². The fourth-order valence-corrected chi connectivity index (χ4v) is 2.56. The molecule has 0 aliphatic heterocycles. The minimum absolute atomic E-state index is 0.130. The lowest BCUT2D eigenvalue weighted by Gasteiger charge is -2.10. The predicted octanol–water partition coefficient (Wildman–Crippen LogP) is 3.77. The molecule has 0 unspecified atom stereocenters. The second-order valence-electron chi connectivity index (χ2n) is 5.41. The number of methoxy groups -OCH3 is 1. The first-order valence-corrected chi connectivity index (χ1v) is 7.93. The van der Waals surface area contributed by atoms with E-state index in [0.717, 1.165) is 5.56 Å². The molecule has 0 spiro atoms. The van der Waals surface area contributed by atoms with Crippen LogP contribution in [0.5, 0.6) is 11.5 Å². The molecule has 0 saturated heterocycles. The van der Waals surface area contributed by atoms with Crippen LogP contribution in [-0.2, 0) is 0 Å². The SMILES string of the molecule is COc1ccc(Cl)cc1-n1nnc(C(=O)Oc2ccccc2C)c1C. The Hall–Kier alpha value is -2.86. The fraction of sp³-hybridized carbons (Fsp3) is 0.167. The largest absolute Gasteiger partial charge is 0.494 e. The van der Waals surface area contributed by atoms with Crippen molar-refractivity contribution in [3.05, 3.63) is 64.4 Å². The number of halogens is 1. The molecule has 0 saturated carbocycles. The highest BCUT2D eigenvalue weighted by Gasteiger charge is 2.21. The van der Waals surface area contributed by atoms with E-state index < -0.39 is 5.97 Å². The van der Waals surface area contributed by atoms with E-state index in [1.54, 1.807) is 44.4 Å². The van der Waals surface area contributed by atoms with Gasteiger partial charge in [0.2, 0.25) is 0 Å². The molecule has 0 aliphatic carbocycles. The number of nitrogens with zero attached hydrogens (tertiary/aromatic N) is 3. The zero-order chi connectivity index (χ0) is 18.0. The summed E-state index contributed by atoms with van der Waals surface area (Å²) in [6.45, 7) is 3.60. The van der Waals surface area contributed by atoms with E-state index in [-0.39, 0.29) is 5.69 Å². The molecule has 3 aromatic rings. The molecule has 1 heterocycles. The quantitative estimate of drug-likeness (QED) is 0.525. The van der Waals surface area contributed by atoms with Gasteiger partial charge in [-0.3, -0.25) is 0 Å². The molecule has 0 bridgehead atoms. The standard InChI is InChI=1S/C18H16ClN3O3/c1-11-6-4-5-7-15(11)25-18(23)17-12(2)22(21-20-17)14-10-13(19)8-9-16(14)24-3/h4-10H,1-3H3. The van der Waals surface area contributed by atoms with Gasteiger partial charge in [0, 0.05) is 5.02 Å². The summed E-state index contributed by atoms with van der Waals surface area (Å²) in [4.78, 5) is 12.5. The van der Waals surface area contributed by atoms with Gasteiger partial charge < -0.3 is 9.47 Å². The minimum Gasteiger partial charge on any atom is -0.494 e. The van der Waals surface area contributed by atoms with Crippen molar-refractivity contribution < 1.29 is 14.3 Å². The summed E-state index contributed by atoms with van der Waals surface area (Å²) in [5.41, 5.74) is 2.11. The lowest BCUT2D eigenvalue weighted by atomic mass is 10.2. The molecule has 0 radical (unpaired) electrons. The van der Waals surface area contributed by atoms with Gasteiger partial charge in [-0.05, 0) is 43.7 Å². The van der Waals surface area contributed by atoms with E-state index in [9.17, 15) is 4.79 Å². The van der Waals surface area contributed by atoms with Gasteiger partial charge in [0.25, 0.3) is 0 Å². The van der Waals surface area contributed by atoms with E-state index in [2.05, 4.69) is 10.3 Å². The van der Waals surface area contributed by atoms with E-state index in [1.165, 1.54) is 4.68 Å². The van der Waals surface area contributed by atoms with Crippen LogP contribution in [0.4, 0.5) is 0 Å². The first-order chi connectivity index (χ1) is 12.0. The number of aromatic nitrogens is 3. The van der Waals surface area contributed by atoms with Gasteiger partial charge >= 0.3 is 5.97 Å². The summed E-state index contributed by atoms with van der Waals surface area (Å²) in [5.74, 6) is 0.483. The summed E-state index contributed by atoms with van der Waals surface area (Å²) >= 11 is 6.06. The summed E-state index contributed by atoms with van der Waals surface area (Å²) in [7, 11) is 1.55. The fourth-order valence-electron chi connectivity index (χ4n) is 2.39. The first kappa shape index (κ1) is 17.0. The molecule has 2 aromatic carbocycles. The maximum atomic E-state index is 12.5. The van der Waals surface area contributed by atoms with Crippen molar-refractivity contribution in [3.8, 4) is 17.2 Å². The number of carbonyl (C=O) groups excluding carboxylic acids is 1. The third-order valence-corrected chi connectivity index (χ3v) is 3.99. The molecular formula is C18H16ClN3O3. The van der Waals surface area contributed by atoms with Crippen molar-refractivity contribution in [1.29, 1.82) is 0 Å². The summed E-state index contributed by atoms with van der Waals surface area (Å²) in [5, 5.41) is 8.53. The number of hydrogen-bond donors (Lipinski definition) is 0. The van der Waals surface area contributed by atoms with Gasteiger partial charge in [0.1, 0.15) is 17.2 Å². The minimum atomic E-state index is -0.570. The number of aryl methyl sites for hydroxylation is 1. The van der Waals surface area contributed by atoms with Crippen molar-refractivity contribution >= 4 is 17.6 Å². The molecule has 0 fully saturated rings. The number of ether oxygens (including phenoxy) is 2. The average molecular weight is 358 g/mol. The molecule has 0 N–H and O–H groups in total. The summed E-state index contributed by atoms with van der Waals surface area (Å²) in [6.07, 6.45) is 0. The number of esters is 1. The van der Waals surface area contributed by atoms with Crippen molar-refractivity contribution in [2.75, 3.05) is 7.11 Å². The molecule has 0 aliphatic rings. The Balaban J connectivity index is 1.95. The van der Waals surface area contributed by atoms with E-state index in [0.29, 0.717) is 27.9 Å². The molecular weight excluding hydrogens is 342 g/mol. The van der Waals surface area contributed by atoms with Crippen molar-refractivity contribution in [2.24, 2.45) is 0 Å². The van der Waals surface area contributed by atoms with E-state index in [4.69, 9.17) is 21.1 Å². The van der Waals surface area contributed by atoms with Crippen LogP contribution in [0, 0.1) is 13.8 Å². The van der Waals surface area contributed by atoms with Gasteiger partial charge in [-0.1, -0.05) is 35.0 Å². The second-order valence-corrected chi connectivity index (χ2v) is 5.84. The Morgan fingerprint density at radius 3 is 2.60 bits per heavy atom. The lowest BCUT2D eigenvalue weighted by molar-refractivity contribution is 0.0726. The molecule has 25 heavy (non-hydrogen) atoms. The Morgan fingerprint density at radius 1 is 1.12 bits per heavy atom. The van der Waals surface area contributed by atoms with Gasteiger partial charge in [-0.15, -0.1) is 5.10 Å². The van der Waals surface area contributed by atoms with Gasteiger partial charge in [-0.25, -0.2) is 9.48 Å². The van der Waals surface area contributed by atoms with Crippen molar-refractivity contribution in [2.45, 2.75) is 13.8 Å². The monoisotopic (exact) mass is 357 g/mol. The van der Waals surface area contributed by atoms with Crippen LogP contribution < -0.4 is 9.47 Å². The zero-order valence-corrected chi connectivity index (χ0v) is 14.7. The number of benzene rings is 2. The maximum absolute atomic E-state index is 12.5. The Labute approximate surface area is 149 Å². The molecule has 0 atom stereocenters. The predicted molar refractivity (Wildman–Crippen MR) is 93.8 cm³/mol. The smallest absolute Gasteiger partial charge is 0.366 e. The summed E-state index contributed by atoms with van der Waals surface area (Å²) in [6, 6.07) is 12.4. The third kappa shape index (κ3) is 3.34. The second kappa shape index (κ2) is 6.94. The van der Waals surface area contributed by atoms with Crippen molar-refractivity contribution in [1.82, 2.24) is 15.0 Å². The van der Waals surface area contributed by atoms with E-state index >= 15 is 0 Å². The maximum Gasteiger partial charge on any atom is 0.366 e. The van der Waals surface area contributed by atoms with Crippen LogP contribution >= 0.6 is 11.6 Å². The molecule has 1 aromatic heterocycles. The Kier molecular flexibility index (Phi) is 4.72. The molecule has 128 valence electrons. The first-order valence-electron chi connectivity index (χ1n) is 7.55. The van der Waals surface area contributed by atoms with Gasteiger partial charge in [-0.2, -0.15) is 0 Å². The number of carbonyl (C=O) groups is 1.